The molecule has 1 fully saturated rings. The highest BCUT2D eigenvalue weighted by molar-refractivity contribution is 5.73. The predicted octanol–water partition coefficient (Wildman–Crippen LogP) is 1.49. The third kappa shape index (κ3) is 4.01. The van der Waals surface area contributed by atoms with Gasteiger partial charge < -0.3 is 19.6 Å². The summed E-state index contributed by atoms with van der Waals surface area (Å²) in [5, 5.41) is 6.89. The Kier molecular flexibility index (Phi) is 5.72. The average molecular weight is 399 g/mol. The van der Waals surface area contributed by atoms with Crippen LogP contribution in [0.2, 0.25) is 0 Å². The van der Waals surface area contributed by atoms with Crippen LogP contribution in [0.25, 0.3) is 11.1 Å². The van der Waals surface area contributed by atoms with Crippen LogP contribution in [0.3, 0.4) is 0 Å². The zero-order valence-corrected chi connectivity index (χ0v) is 16.8. The number of piperidine rings is 1. The summed E-state index contributed by atoms with van der Waals surface area (Å²) in [4.78, 5) is 50.1. The quantitative estimate of drug-likeness (QED) is 0.706. The number of aromatic amines is 1. The highest BCUT2D eigenvalue weighted by Gasteiger charge is 2.35. The van der Waals surface area contributed by atoms with Gasteiger partial charge >= 0.3 is 0 Å². The molecule has 0 spiro atoms. The number of amides is 1. The van der Waals surface area contributed by atoms with Gasteiger partial charge in [0.1, 0.15) is 0 Å². The molecule has 0 aromatic carbocycles. The van der Waals surface area contributed by atoms with E-state index >= 15 is 0 Å². The lowest BCUT2D eigenvalue weighted by Crippen LogP contribution is -2.48. The van der Waals surface area contributed by atoms with Crippen LogP contribution in [0.5, 0.6) is 0 Å². The molecule has 2 aliphatic heterocycles. The second-order valence-corrected chi connectivity index (χ2v) is 7.77. The summed E-state index contributed by atoms with van der Waals surface area (Å²) in [6.07, 6.45) is 0.982. The van der Waals surface area contributed by atoms with Crippen LogP contribution in [0.1, 0.15) is 36.2 Å². The van der Waals surface area contributed by atoms with Crippen LogP contribution in [-0.2, 0) is 16.1 Å². The van der Waals surface area contributed by atoms with Crippen molar-refractivity contribution >= 4 is 12.4 Å². The summed E-state index contributed by atoms with van der Waals surface area (Å²) < 4.78 is 1.83. The lowest BCUT2D eigenvalue weighted by molar-refractivity contribution is -0.131. The molecule has 4 heterocycles. The molecule has 8 nitrogen and oxygen atoms in total. The van der Waals surface area contributed by atoms with E-state index < -0.39 is 0 Å². The van der Waals surface area contributed by atoms with Gasteiger partial charge in [-0.05, 0) is 49.4 Å². The molecule has 0 saturated carbocycles. The molecular formula is C21H25N3O5. The van der Waals surface area contributed by atoms with Crippen LogP contribution in [0, 0.1) is 19.8 Å². The Labute approximate surface area is 167 Å². The van der Waals surface area contributed by atoms with Gasteiger partial charge in [0.05, 0.1) is 0 Å². The maximum absolute atomic E-state index is 12.7. The summed E-state index contributed by atoms with van der Waals surface area (Å²) in [7, 11) is 0. The Balaban J connectivity index is 0.000000755. The van der Waals surface area contributed by atoms with E-state index in [9.17, 15) is 14.4 Å². The topological polar surface area (TPSA) is 112 Å². The van der Waals surface area contributed by atoms with Crippen molar-refractivity contribution in [1.29, 1.82) is 0 Å². The summed E-state index contributed by atoms with van der Waals surface area (Å²) in [6, 6.07) is 5.37. The number of pyridine rings is 2. The Morgan fingerprint density at radius 3 is 2.52 bits per heavy atom. The molecule has 2 aromatic rings. The van der Waals surface area contributed by atoms with Gasteiger partial charge in [-0.15, -0.1) is 0 Å². The van der Waals surface area contributed by atoms with Crippen molar-refractivity contribution < 1.29 is 14.7 Å². The highest BCUT2D eigenvalue weighted by Crippen LogP contribution is 2.36. The molecule has 154 valence electrons. The number of carboxylic acid groups (broad SMARTS) is 1. The van der Waals surface area contributed by atoms with Gasteiger partial charge in [0, 0.05) is 55.5 Å². The number of aromatic nitrogens is 2. The van der Waals surface area contributed by atoms with Crippen molar-refractivity contribution in [3.05, 3.63) is 55.9 Å². The molecular weight excluding hydrogens is 374 g/mol. The fraction of sp³-hybridized carbons (Fsp3) is 0.429. The number of fused-ring (bicyclic) bond motifs is 4. The van der Waals surface area contributed by atoms with Crippen LogP contribution >= 0.6 is 0 Å². The predicted molar refractivity (Wildman–Crippen MR) is 108 cm³/mol. The fourth-order valence-corrected chi connectivity index (χ4v) is 4.31. The number of nitrogens with one attached hydrogen (secondary N) is 1. The molecule has 1 saturated heterocycles. The Bertz CT molecular complexity index is 1070. The monoisotopic (exact) mass is 399 g/mol. The van der Waals surface area contributed by atoms with E-state index in [1.54, 1.807) is 13.0 Å². The van der Waals surface area contributed by atoms with Crippen LogP contribution in [-0.4, -0.2) is 45.0 Å². The highest BCUT2D eigenvalue weighted by atomic mass is 16.3. The number of likely N-dealkylation sites (tertiary alicyclic amines) is 1. The Morgan fingerprint density at radius 1 is 1.17 bits per heavy atom. The number of H-pyrrole nitrogens is 1. The molecule has 2 bridgehead atoms. The van der Waals surface area contributed by atoms with Gasteiger partial charge in [0.2, 0.25) is 5.91 Å². The number of carbonyl (C=O) groups is 2. The fourth-order valence-electron chi connectivity index (χ4n) is 4.31. The van der Waals surface area contributed by atoms with Crippen molar-refractivity contribution in [1.82, 2.24) is 14.5 Å². The van der Waals surface area contributed by atoms with Gasteiger partial charge in [-0.3, -0.25) is 19.2 Å². The number of rotatable bonds is 1. The van der Waals surface area contributed by atoms with Gasteiger partial charge in [0.15, 0.2) is 0 Å². The third-order valence-electron chi connectivity index (χ3n) is 5.81. The lowest BCUT2D eigenvalue weighted by Gasteiger charge is -2.42. The van der Waals surface area contributed by atoms with Crippen LogP contribution in [0.15, 0.2) is 27.8 Å². The SMILES string of the molecule is CC(=O)N1C[C@@H]2C[C@H](C1)c1cc(-c3cc(C)c(C)[nH]c3=O)cc(=O)n1C2.O=CO. The summed E-state index contributed by atoms with van der Waals surface area (Å²) in [5.74, 6) is 0.542. The van der Waals surface area contributed by atoms with E-state index in [2.05, 4.69) is 4.98 Å². The molecule has 8 heteroatoms. The minimum absolute atomic E-state index is 0.0684. The van der Waals surface area contributed by atoms with E-state index in [4.69, 9.17) is 9.90 Å². The van der Waals surface area contributed by atoms with Gasteiger partial charge in [-0.2, -0.15) is 0 Å². The summed E-state index contributed by atoms with van der Waals surface area (Å²) in [5.41, 5.74) is 3.69. The first-order valence-corrected chi connectivity index (χ1v) is 9.54. The average Bonchev–Trinajstić information content (AvgIpc) is 2.66. The van der Waals surface area contributed by atoms with Crippen molar-refractivity contribution in [2.24, 2.45) is 5.92 Å². The van der Waals surface area contributed by atoms with Crippen molar-refractivity contribution in [3.8, 4) is 11.1 Å². The summed E-state index contributed by atoms with van der Waals surface area (Å²) in [6.45, 7) is 7.14. The molecule has 0 unspecified atom stereocenters. The maximum Gasteiger partial charge on any atom is 0.290 e. The second kappa shape index (κ2) is 8.06. The zero-order valence-electron chi connectivity index (χ0n) is 16.8. The van der Waals surface area contributed by atoms with Crippen LogP contribution < -0.4 is 11.1 Å². The molecule has 29 heavy (non-hydrogen) atoms. The molecule has 4 rings (SSSR count). The smallest absolute Gasteiger partial charge is 0.290 e. The van der Waals surface area contributed by atoms with Crippen LogP contribution in [0.4, 0.5) is 0 Å². The molecule has 2 aromatic heterocycles. The minimum atomic E-state index is -0.250. The van der Waals surface area contributed by atoms with Gasteiger partial charge in [-0.1, -0.05) is 0 Å². The van der Waals surface area contributed by atoms with Gasteiger partial charge in [-0.25, -0.2) is 0 Å². The number of carbonyl (C=O) groups excluding carboxylic acids is 1. The molecule has 2 atom stereocenters. The largest absolute Gasteiger partial charge is 0.483 e. The van der Waals surface area contributed by atoms with E-state index in [0.29, 0.717) is 30.1 Å². The summed E-state index contributed by atoms with van der Waals surface area (Å²) >= 11 is 0. The Hall–Kier alpha value is -3.16. The van der Waals surface area contributed by atoms with Crippen molar-refractivity contribution in [2.75, 3.05) is 13.1 Å². The minimum Gasteiger partial charge on any atom is -0.483 e. The lowest BCUT2D eigenvalue weighted by atomic mass is 9.82. The maximum atomic E-state index is 12.7. The number of aryl methyl sites for hydroxylation is 2. The van der Waals surface area contributed by atoms with E-state index in [0.717, 1.165) is 29.9 Å². The normalized spacial score (nSPS) is 19.6. The molecule has 0 aliphatic carbocycles. The standard InChI is InChI=1S/C20H23N3O3.CH2O2/c1-11-4-17(20(26)21-12(11)2)15-6-18-16-5-14(8-22(10-16)13(3)24)9-23(18)19(25)7-15;2-1-3/h4,6-7,14,16H,5,8-10H2,1-3H3,(H,21,26);1H,(H,2,3)/t14-,16+;/m0./s1. The third-order valence-corrected chi connectivity index (χ3v) is 5.81. The first kappa shape index (κ1) is 20.6. The Morgan fingerprint density at radius 2 is 1.86 bits per heavy atom. The van der Waals surface area contributed by atoms with Gasteiger partial charge in [0.25, 0.3) is 17.6 Å². The number of hydrogen-bond donors (Lipinski definition) is 2. The first-order chi connectivity index (χ1) is 13.7. The second-order valence-electron chi connectivity index (χ2n) is 7.77. The molecule has 2 aliphatic rings. The van der Waals surface area contributed by atoms with E-state index in [1.165, 1.54) is 0 Å². The number of hydrogen-bond acceptors (Lipinski definition) is 4. The molecule has 1 amide bonds. The zero-order chi connectivity index (χ0) is 21.3. The van der Waals surface area contributed by atoms with E-state index in [-0.39, 0.29) is 29.4 Å². The van der Waals surface area contributed by atoms with E-state index in [1.807, 2.05) is 35.4 Å². The molecule has 0 radical (unpaired) electrons. The van der Waals surface area contributed by atoms with Crippen molar-refractivity contribution in [3.63, 3.8) is 0 Å². The number of nitrogens with zero attached hydrogens (tertiary/aromatic N) is 2. The first-order valence-electron chi connectivity index (χ1n) is 9.54. The van der Waals surface area contributed by atoms with Crippen molar-refractivity contribution in [2.45, 2.75) is 39.7 Å². The molecule has 2 N–H and O–H groups in total.